The second-order valence-corrected chi connectivity index (χ2v) is 4.71. The molecule has 1 unspecified atom stereocenters. The van der Waals surface area contributed by atoms with Crippen molar-refractivity contribution >= 4 is 23.5 Å². The number of carbonyl (C=O) groups is 3. The van der Waals surface area contributed by atoms with Crippen molar-refractivity contribution in [3.8, 4) is 0 Å². The second kappa shape index (κ2) is 6.18. The average Bonchev–Trinajstić information content (AvgIpc) is 2.37. The van der Waals surface area contributed by atoms with Gasteiger partial charge in [-0.1, -0.05) is 13.0 Å². The minimum atomic E-state index is -1.32. The van der Waals surface area contributed by atoms with E-state index in [4.69, 9.17) is 5.11 Å². The average molecular weight is 278 g/mol. The van der Waals surface area contributed by atoms with Crippen LogP contribution in [0.3, 0.4) is 0 Å². The van der Waals surface area contributed by atoms with Crippen molar-refractivity contribution in [2.24, 2.45) is 0 Å². The minimum Gasteiger partial charge on any atom is -0.480 e. The fraction of sp³-hybridized carbons (Fsp3) is 0.357. The lowest BCUT2D eigenvalue weighted by Crippen LogP contribution is -2.51. The van der Waals surface area contributed by atoms with Crippen LogP contribution in [0.15, 0.2) is 24.3 Å². The zero-order valence-electron chi connectivity index (χ0n) is 11.7. The molecule has 1 atom stereocenters. The molecule has 1 rings (SSSR count). The fourth-order valence-corrected chi connectivity index (χ4v) is 1.56. The fourth-order valence-electron chi connectivity index (χ4n) is 1.56. The van der Waals surface area contributed by atoms with Crippen molar-refractivity contribution in [1.29, 1.82) is 0 Å². The Morgan fingerprint density at radius 3 is 2.45 bits per heavy atom. The van der Waals surface area contributed by atoms with E-state index in [-0.39, 0.29) is 17.9 Å². The van der Waals surface area contributed by atoms with Crippen LogP contribution in [-0.4, -0.2) is 28.4 Å². The van der Waals surface area contributed by atoms with Crippen molar-refractivity contribution in [2.75, 3.05) is 5.32 Å². The maximum absolute atomic E-state index is 12.1. The number of carboxylic acid groups (broad SMARTS) is 1. The molecule has 0 aliphatic rings. The molecule has 0 saturated heterocycles. The molecule has 0 fully saturated rings. The van der Waals surface area contributed by atoms with Crippen LogP contribution in [0.25, 0.3) is 0 Å². The molecule has 1 aromatic carbocycles. The van der Waals surface area contributed by atoms with Gasteiger partial charge in [0.05, 0.1) is 0 Å². The van der Waals surface area contributed by atoms with E-state index in [1.807, 2.05) is 0 Å². The summed E-state index contributed by atoms with van der Waals surface area (Å²) in [6.07, 6.45) is 0.263. The number of amides is 2. The number of aliphatic carboxylic acids is 1. The lowest BCUT2D eigenvalue weighted by molar-refractivity contribution is -0.143. The van der Waals surface area contributed by atoms with Gasteiger partial charge in [0, 0.05) is 18.2 Å². The standard InChI is InChI=1S/C14H18N2O4/c1-4-14(3,13(19)20)16-12(18)10-6-5-7-11(8-10)15-9(2)17/h5-8H,4H2,1-3H3,(H,15,17)(H,16,18)(H,19,20). The highest BCUT2D eigenvalue weighted by atomic mass is 16.4. The first-order chi connectivity index (χ1) is 9.28. The zero-order chi connectivity index (χ0) is 15.3. The summed E-state index contributed by atoms with van der Waals surface area (Å²) in [5, 5.41) is 14.2. The van der Waals surface area contributed by atoms with Crippen LogP contribution in [0, 0.1) is 0 Å². The summed E-state index contributed by atoms with van der Waals surface area (Å²) in [7, 11) is 0. The van der Waals surface area contributed by atoms with Gasteiger partial charge in [-0.05, 0) is 31.5 Å². The van der Waals surface area contributed by atoms with E-state index < -0.39 is 17.4 Å². The summed E-state index contributed by atoms with van der Waals surface area (Å²) in [5.41, 5.74) is -0.544. The Bertz CT molecular complexity index is 542. The maximum Gasteiger partial charge on any atom is 0.329 e. The first-order valence-corrected chi connectivity index (χ1v) is 6.22. The predicted octanol–water partition coefficient (Wildman–Crippen LogP) is 1.63. The van der Waals surface area contributed by atoms with Crippen molar-refractivity contribution in [3.05, 3.63) is 29.8 Å². The van der Waals surface area contributed by atoms with Gasteiger partial charge in [-0.25, -0.2) is 4.79 Å². The number of hydrogen-bond acceptors (Lipinski definition) is 3. The topological polar surface area (TPSA) is 95.5 Å². The molecule has 2 amide bonds. The van der Waals surface area contributed by atoms with E-state index in [1.54, 1.807) is 25.1 Å². The van der Waals surface area contributed by atoms with Crippen LogP contribution in [0.5, 0.6) is 0 Å². The van der Waals surface area contributed by atoms with Gasteiger partial charge in [0.25, 0.3) is 5.91 Å². The molecule has 0 spiro atoms. The number of rotatable bonds is 5. The van der Waals surface area contributed by atoms with E-state index in [0.29, 0.717) is 5.69 Å². The third-order valence-electron chi connectivity index (χ3n) is 3.01. The Labute approximate surface area is 117 Å². The summed E-state index contributed by atoms with van der Waals surface area (Å²) in [4.78, 5) is 34.2. The normalized spacial score (nSPS) is 13.2. The summed E-state index contributed by atoms with van der Waals surface area (Å²) in [5.74, 6) is -1.83. The van der Waals surface area contributed by atoms with Crippen LogP contribution in [0.2, 0.25) is 0 Å². The van der Waals surface area contributed by atoms with Crippen molar-refractivity contribution in [2.45, 2.75) is 32.7 Å². The first-order valence-electron chi connectivity index (χ1n) is 6.22. The number of carboxylic acids is 1. The zero-order valence-corrected chi connectivity index (χ0v) is 11.7. The first kappa shape index (κ1) is 15.7. The summed E-state index contributed by atoms with van der Waals surface area (Å²) in [6, 6.07) is 6.31. The molecule has 0 saturated carbocycles. The van der Waals surface area contributed by atoms with E-state index >= 15 is 0 Å². The Morgan fingerprint density at radius 2 is 1.95 bits per heavy atom. The van der Waals surface area contributed by atoms with Crippen molar-refractivity contribution in [3.63, 3.8) is 0 Å². The van der Waals surface area contributed by atoms with Gasteiger partial charge in [0.2, 0.25) is 5.91 Å². The molecule has 20 heavy (non-hydrogen) atoms. The number of anilines is 1. The third kappa shape index (κ3) is 3.81. The lowest BCUT2D eigenvalue weighted by atomic mass is 9.98. The molecule has 0 aromatic heterocycles. The smallest absolute Gasteiger partial charge is 0.329 e. The molecule has 0 bridgehead atoms. The molecular formula is C14H18N2O4. The largest absolute Gasteiger partial charge is 0.480 e. The highest BCUT2D eigenvalue weighted by Crippen LogP contribution is 2.14. The highest BCUT2D eigenvalue weighted by Gasteiger charge is 2.33. The number of nitrogens with one attached hydrogen (secondary N) is 2. The van der Waals surface area contributed by atoms with E-state index in [2.05, 4.69) is 10.6 Å². The van der Waals surface area contributed by atoms with E-state index in [1.165, 1.54) is 19.9 Å². The molecule has 3 N–H and O–H groups in total. The van der Waals surface area contributed by atoms with Gasteiger partial charge in [0.1, 0.15) is 5.54 Å². The Kier molecular flexibility index (Phi) is 4.85. The monoisotopic (exact) mass is 278 g/mol. The predicted molar refractivity (Wildman–Crippen MR) is 74.5 cm³/mol. The SMILES string of the molecule is CCC(C)(NC(=O)c1cccc(NC(C)=O)c1)C(=O)O. The van der Waals surface area contributed by atoms with Crippen LogP contribution in [-0.2, 0) is 9.59 Å². The van der Waals surface area contributed by atoms with Crippen molar-refractivity contribution in [1.82, 2.24) is 5.32 Å². The molecule has 6 nitrogen and oxygen atoms in total. The summed E-state index contributed by atoms with van der Waals surface area (Å²) in [6.45, 7) is 4.50. The maximum atomic E-state index is 12.1. The van der Waals surface area contributed by atoms with Gasteiger partial charge < -0.3 is 15.7 Å². The summed E-state index contributed by atoms with van der Waals surface area (Å²) >= 11 is 0. The van der Waals surface area contributed by atoms with Gasteiger partial charge >= 0.3 is 5.97 Å². The number of hydrogen-bond donors (Lipinski definition) is 3. The van der Waals surface area contributed by atoms with E-state index in [0.717, 1.165) is 0 Å². The lowest BCUT2D eigenvalue weighted by Gasteiger charge is -2.24. The van der Waals surface area contributed by atoms with Gasteiger partial charge in [0.15, 0.2) is 0 Å². The van der Waals surface area contributed by atoms with Crippen LogP contribution < -0.4 is 10.6 Å². The van der Waals surface area contributed by atoms with Crippen LogP contribution >= 0.6 is 0 Å². The van der Waals surface area contributed by atoms with Crippen LogP contribution in [0.4, 0.5) is 5.69 Å². The molecule has 0 aliphatic heterocycles. The molecule has 6 heteroatoms. The van der Waals surface area contributed by atoms with Gasteiger partial charge in [-0.3, -0.25) is 9.59 Å². The van der Waals surface area contributed by atoms with Crippen molar-refractivity contribution < 1.29 is 19.5 Å². The molecule has 0 radical (unpaired) electrons. The molecule has 0 aliphatic carbocycles. The Hall–Kier alpha value is -2.37. The Morgan fingerprint density at radius 1 is 1.30 bits per heavy atom. The quantitative estimate of drug-likeness (QED) is 0.762. The summed E-state index contributed by atoms with van der Waals surface area (Å²) < 4.78 is 0. The number of benzene rings is 1. The van der Waals surface area contributed by atoms with Gasteiger partial charge in [-0.2, -0.15) is 0 Å². The molecule has 0 heterocycles. The highest BCUT2D eigenvalue weighted by molar-refractivity contribution is 5.99. The van der Waals surface area contributed by atoms with Gasteiger partial charge in [-0.15, -0.1) is 0 Å². The third-order valence-corrected chi connectivity index (χ3v) is 3.01. The Balaban J connectivity index is 2.92. The van der Waals surface area contributed by atoms with E-state index in [9.17, 15) is 14.4 Å². The minimum absolute atomic E-state index is 0.244. The number of carbonyl (C=O) groups excluding carboxylic acids is 2. The second-order valence-electron chi connectivity index (χ2n) is 4.71. The molecule has 1 aromatic rings. The molecular weight excluding hydrogens is 260 g/mol. The van der Waals surface area contributed by atoms with Crippen LogP contribution in [0.1, 0.15) is 37.6 Å². The molecule has 108 valence electrons.